The highest BCUT2D eigenvalue weighted by atomic mass is 32.2. The fraction of sp³-hybridized carbons (Fsp3) is 0.571. The van der Waals surface area contributed by atoms with E-state index in [4.69, 9.17) is 4.74 Å². The fourth-order valence-electron chi connectivity index (χ4n) is 1.57. The summed E-state index contributed by atoms with van der Waals surface area (Å²) in [4.78, 5) is 0.131. The monoisotopic (exact) mass is 333 g/mol. The van der Waals surface area contributed by atoms with Crippen LogP contribution in [-0.2, 0) is 16.6 Å². The van der Waals surface area contributed by atoms with Crippen molar-refractivity contribution < 1.29 is 18.3 Å². The van der Waals surface area contributed by atoms with E-state index in [2.05, 4.69) is 4.72 Å². The van der Waals surface area contributed by atoms with Crippen LogP contribution in [0.15, 0.2) is 23.1 Å². The summed E-state index contributed by atoms with van der Waals surface area (Å²) >= 11 is 1.59. The Kier molecular flexibility index (Phi) is 6.52. The van der Waals surface area contributed by atoms with Crippen LogP contribution in [-0.4, -0.2) is 37.7 Å². The van der Waals surface area contributed by atoms with E-state index in [0.717, 1.165) is 0 Å². The molecule has 0 radical (unpaired) electrons. The van der Waals surface area contributed by atoms with Crippen LogP contribution in [0, 0.1) is 0 Å². The number of ether oxygens (including phenoxy) is 1. The summed E-state index contributed by atoms with van der Waals surface area (Å²) in [5.41, 5.74) is 0.462. The molecule has 0 saturated carbocycles. The van der Waals surface area contributed by atoms with E-state index >= 15 is 0 Å². The minimum Gasteiger partial charge on any atom is -0.494 e. The summed E-state index contributed by atoms with van der Waals surface area (Å²) in [6.45, 7) is 6.29. The third-order valence-corrected chi connectivity index (χ3v) is 5.70. The first-order valence-electron chi connectivity index (χ1n) is 6.67. The molecule has 0 saturated heterocycles. The Labute approximate surface area is 131 Å². The number of sulfonamides is 1. The number of aliphatic hydroxyl groups excluding tert-OH is 1. The molecule has 0 fully saturated rings. The summed E-state index contributed by atoms with van der Waals surface area (Å²) in [5, 5.41) is 9.33. The smallest absolute Gasteiger partial charge is 0.240 e. The molecule has 0 aromatic heterocycles. The van der Waals surface area contributed by atoms with Gasteiger partial charge in [-0.3, -0.25) is 0 Å². The minimum absolute atomic E-state index is 0.131. The molecule has 0 aliphatic carbocycles. The first-order chi connectivity index (χ1) is 9.75. The maximum atomic E-state index is 12.3. The second kappa shape index (κ2) is 7.49. The van der Waals surface area contributed by atoms with Gasteiger partial charge in [0, 0.05) is 16.9 Å². The lowest BCUT2D eigenvalue weighted by Gasteiger charge is -2.22. The SMILES string of the molecule is CCOc1ccc(S(=O)(=O)NCC(C)(C)SC)cc1CO. The number of hydrogen-bond donors (Lipinski definition) is 2. The van der Waals surface area contributed by atoms with Crippen LogP contribution in [0.4, 0.5) is 0 Å². The van der Waals surface area contributed by atoms with Crippen molar-refractivity contribution in [2.24, 2.45) is 0 Å². The zero-order valence-corrected chi connectivity index (χ0v) is 14.5. The predicted molar refractivity (Wildman–Crippen MR) is 86.3 cm³/mol. The van der Waals surface area contributed by atoms with E-state index in [-0.39, 0.29) is 16.2 Å². The van der Waals surface area contributed by atoms with E-state index in [1.54, 1.807) is 17.8 Å². The molecule has 1 aromatic carbocycles. The third kappa shape index (κ3) is 5.18. The summed E-state index contributed by atoms with van der Waals surface area (Å²) in [5.74, 6) is 0.503. The third-order valence-electron chi connectivity index (χ3n) is 3.05. The lowest BCUT2D eigenvalue weighted by Crippen LogP contribution is -2.36. The number of nitrogens with one attached hydrogen (secondary N) is 1. The van der Waals surface area contributed by atoms with Gasteiger partial charge in [-0.1, -0.05) is 0 Å². The Morgan fingerprint density at radius 1 is 1.38 bits per heavy atom. The number of hydrogen-bond acceptors (Lipinski definition) is 5. The molecule has 0 aliphatic rings. The first kappa shape index (κ1) is 18.3. The molecular weight excluding hydrogens is 310 g/mol. The van der Waals surface area contributed by atoms with Crippen LogP contribution >= 0.6 is 11.8 Å². The van der Waals surface area contributed by atoms with Crippen molar-refractivity contribution in [3.05, 3.63) is 23.8 Å². The molecular formula is C14H23NO4S2. The summed E-state index contributed by atoms with van der Waals surface area (Å²) in [7, 11) is -3.60. The molecule has 0 aliphatic heterocycles. The molecule has 5 nitrogen and oxygen atoms in total. The topological polar surface area (TPSA) is 75.6 Å². The van der Waals surface area contributed by atoms with Gasteiger partial charge in [0.25, 0.3) is 0 Å². The number of rotatable bonds is 8. The van der Waals surface area contributed by atoms with Crippen LogP contribution < -0.4 is 9.46 Å². The minimum atomic E-state index is -3.60. The Morgan fingerprint density at radius 2 is 2.05 bits per heavy atom. The number of thioether (sulfide) groups is 1. The Bertz CT molecular complexity index is 570. The lowest BCUT2D eigenvalue weighted by atomic mass is 10.2. The van der Waals surface area contributed by atoms with Crippen molar-refractivity contribution in [1.82, 2.24) is 4.72 Å². The molecule has 0 heterocycles. The first-order valence-corrected chi connectivity index (χ1v) is 9.38. The highest BCUT2D eigenvalue weighted by Crippen LogP contribution is 2.24. The zero-order chi connectivity index (χ0) is 16.1. The molecule has 0 bridgehead atoms. The van der Waals surface area contributed by atoms with Gasteiger partial charge in [0.15, 0.2) is 0 Å². The molecule has 1 aromatic rings. The molecule has 120 valence electrons. The molecule has 2 N–H and O–H groups in total. The normalized spacial score (nSPS) is 12.4. The average Bonchev–Trinajstić information content (AvgIpc) is 2.46. The molecule has 1 rings (SSSR count). The average molecular weight is 333 g/mol. The number of benzene rings is 1. The largest absolute Gasteiger partial charge is 0.494 e. The highest BCUT2D eigenvalue weighted by molar-refractivity contribution is 8.00. The van der Waals surface area contributed by atoms with Crippen molar-refractivity contribution in [2.45, 2.75) is 37.0 Å². The van der Waals surface area contributed by atoms with Crippen LogP contribution in [0.3, 0.4) is 0 Å². The van der Waals surface area contributed by atoms with E-state index in [1.165, 1.54) is 12.1 Å². The van der Waals surface area contributed by atoms with Crippen molar-refractivity contribution >= 4 is 21.8 Å². The van der Waals surface area contributed by atoms with E-state index in [0.29, 0.717) is 24.5 Å². The van der Waals surface area contributed by atoms with E-state index < -0.39 is 10.0 Å². The Hall–Kier alpha value is -0.760. The number of aliphatic hydroxyl groups is 1. The van der Waals surface area contributed by atoms with Gasteiger partial charge in [-0.05, 0) is 45.2 Å². The zero-order valence-electron chi connectivity index (χ0n) is 12.8. The van der Waals surface area contributed by atoms with E-state index in [1.807, 2.05) is 27.0 Å². The maximum Gasteiger partial charge on any atom is 0.240 e. The summed E-state index contributed by atoms with van der Waals surface area (Å²) < 4.78 is 32.3. The van der Waals surface area contributed by atoms with Crippen LogP contribution in [0.25, 0.3) is 0 Å². The second-order valence-electron chi connectivity index (χ2n) is 5.15. The van der Waals surface area contributed by atoms with Gasteiger partial charge in [0.1, 0.15) is 5.75 Å². The molecule has 0 amide bonds. The quantitative estimate of drug-likeness (QED) is 0.761. The van der Waals surface area contributed by atoms with Gasteiger partial charge in [0.05, 0.1) is 18.1 Å². The van der Waals surface area contributed by atoms with Crippen molar-refractivity contribution in [1.29, 1.82) is 0 Å². The van der Waals surface area contributed by atoms with Gasteiger partial charge in [-0.2, -0.15) is 11.8 Å². The van der Waals surface area contributed by atoms with Crippen molar-refractivity contribution in [2.75, 3.05) is 19.4 Å². The summed E-state index contributed by atoms with van der Waals surface area (Å²) in [6.07, 6.45) is 1.94. The van der Waals surface area contributed by atoms with E-state index in [9.17, 15) is 13.5 Å². The standard InChI is InChI=1S/C14H23NO4S2/c1-5-19-13-7-6-12(8-11(13)9-16)21(17,18)15-10-14(2,3)20-4/h6-8,15-16H,5,9-10H2,1-4H3. The molecule has 21 heavy (non-hydrogen) atoms. The highest BCUT2D eigenvalue weighted by Gasteiger charge is 2.22. The predicted octanol–water partition coefficient (Wildman–Crippen LogP) is 2.00. The van der Waals surface area contributed by atoms with Crippen LogP contribution in [0.5, 0.6) is 5.75 Å². The van der Waals surface area contributed by atoms with Crippen molar-refractivity contribution in [3.63, 3.8) is 0 Å². The van der Waals surface area contributed by atoms with Gasteiger partial charge < -0.3 is 9.84 Å². The van der Waals surface area contributed by atoms with Gasteiger partial charge in [-0.25, -0.2) is 13.1 Å². The molecule has 7 heteroatoms. The van der Waals surface area contributed by atoms with Crippen LogP contribution in [0.1, 0.15) is 26.3 Å². The summed E-state index contributed by atoms with van der Waals surface area (Å²) in [6, 6.07) is 4.50. The molecule has 0 unspecified atom stereocenters. The van der Waals surface area contributed by atoms with Gasteiger partial charge in [0.2, 0.25) is 10.0 Å². The van der Waals surface area contributed by atoms with Gasteiger partial charge >= 0.3 is 0 Å². The van der Waals surface area contributed by atoms with Gasteiger partial charge in [-0.15, -0.1) is 0 Å². The lowest BCUT2D eigenvalue weighted by molar-refractivity contribution is 0.266. The Morgan fingerprint density at radius 3 is 2.57 bits per heavy atom. The fourth-order valence-corrected chi connectivity index (χ4v) is 3.14. The Balaban J connectivity index is 2.98. The van der Waals surface area contributed by atoms with Crippen molar-refractivity contribution in [3.8, 4) is 5.75 Å². The van der Waals surface area contributed by atoms with Crippen LogP contribution in [0.2, 0.25) is 0 Å². The molecule has 0 atom stereocenters. The molecule has 0 spiro atoms. The maximum absolute atomic E-state index is 12.3. The second-order valence-corrected chi connectivity index (χ2v) is 8.43.